The number of aryl methyl sites for hydroxylation is 1. The molecule has 0 fully saturated rings. The molecule has 5 nitrogen and oxygen atoms in total. The van der Waals surface area contributed by atoms with E-state index in [1.165, 1.54) is 0 Å². The highest BCUT2D eigenvalue weighted by atomic mass is 16.1. The number of hydrogen-bond donors (Lipinski definition) is 2. The van der Waals surface area contributed by atoms with Crippen LogP contribution in [0, 0.1) is 6.92 Å². The van der Waals surface area contributed by atoms with Crippen molar-refractivity contribution in [1.82, 2.24) is 15.1 Å². The van der Waals surface area contributed by atoms with E-state index in [1.807, 2.05) is 55.2 Å². The van der Waals surface area contributed by atoms with E-state index in [9.17, 15) is 4.79 Å². The monoisotopic (exact) mass is 258 g/mol. The smallest absolute Gasteiger partial charge is 0.238 e. The summed E-state index contributed by atoms with van der Waals surface area (Å²) in [7, 11) is 1.90. The quantitative estimate of drug-likeness (QED) is 0.853. The molecular formula is C14H18N4O. The summed E-state index contributed by atoms with van der Waals surface area (Å²) in [6.45, 7) is 2.93. The highest BCUT2D eigenvalue weighted by Crippen LogP contribution is 2.05. The van der Waals surface area contributed by atoms with Crippen LogP contribution in [-0.4, -0.2) is 22.2 Å². The molecule has 0 aliphatic heterocycles. The van der Waals surface area contributed by atoms with E-state index in [1.54, 1.807) is 0 Å². The number of anilines is 1. The van der Waals surface area contributed by atoms with Crippen molar-refractivity contribution in [3.8, 4) is 0 Å². The van der Waals surface area contributed by atoms with E-state index in [-0.39, 0.29) is 12.5 Å². The number of para-hydroxylation sites is 1. The van der Waals surface area contributed by atoms with E-state index in [0.29, 0.717) is 6.54 Å². The van der Waals surface area contributed by atoms with Gasteiger partial charge >= 0.3 is 0 Å². The van der Waals surface area contributed by atoms with Crippen molar-refractivity contribution >= 4 is 11.6 Å². The lowest BCUT2D eigenvalue weighted by atomic mass is 10.2. The van der Waals surface area contributed by atoms with Crippen LogP contribution < -0.4 is 10.6 Å². The van der Waals surface area contributed by atoms with Crippen LogP contribution in [0.1, 0.15) is 11.3 Å². The summed E-state index contributed by atoms with van der Waals surface area (Å²) in [6.07, 6.45) is 1.82. The third kappa shape index (κ3) is 3.66. The summed E-state index contributed by atoms with van der Waals surface area (Å²) in [4.78, 5) is 11.7. The third-order valence-electron chi connectivity index (χ3n) is 3.00. The molecule has 2 aromatic rings. The lowest BCUT2D eigenvalue weighted by Crippen LogP contribution is -2.27. The van der Waals surface area contributed by atoms with Gasteiger partial charge in [0.1, 0.15) is 0 Å². The summed E-state index contributed by atoms with van der Waals surface area (Å²) < 4.78 is 1.82. The highest BCUT2D eigenvalue weighted by molar-refractivity contribution is 5.92. The molecule has 1 aromatic carbocycles. The fourth-order valence-corrected chi connectivity index (χ4v) is 1.76. The molecule has 0 saturated carbocycles. The van der Waals surface area contributed by atoms with Crippen LogP contribution in [0.3, 0.4) is 0 Å². The van der Waals surface area contributed by atoms with Crippen molar-refractivity contribution in [2.45, 2.75) is 13.5 Å². The first-order valence-corrected chi connectivity index (χ1v) is 6.20. The minimum atomic E-state index is -0.0484. The number of rotatable bonds is 5. The molecule has 0 spiro atoms. The van der Waals surface area contributed by atoms with E-state index < -0.39 is 0 Å². The Morgan fingerprint density at radius 3 is 2.68 bits per heavy atom. The summed E-state index contributed by atoms with van der Waals surface area (Å²) in [5, 5.41) is 10.1. The van der Waals surface area contributed by atoms with Gasteiger partial charge in [0.15, 0.2) is 0 Å². The average Bonchev–Trinajstić information content (AvgIpc) is 2.72. The van der Waals surface area contributed by atoms with Gasteiger partial charge in [0.2, 0.25) is 5.91 Å². The van der Waals surface area contributed by atoms with E-state index in [2.05, 4.69) is 15.7 Å². The molecule has 0 saturated heterocycles. The molecule has 1 amide bonds. The zero-order valence-corrected chi connectivity index (χ0v) is 11.2. The third-order valence-corrected chi connectivity index (χ3v) is 3.00. The molecule has 5 heteroatoms. The molecule has 1 aromatic heterocycles. The van der Waals surface area contributed by atoms with Crippen LogP contribution >= 0.6 is 0 Å². The fourth-order valence-electron chi connectivity index (χ4n) is 1.76. The Bertz CT molecular complexity index is 548. The zero-order chi connectivity index (χ0) is 13.7. The Labute approximate surface area is 112 Å². The van der Waals surface area contributed by atoms with Crippen molar-refractivity contribution in [1.29, 1.82) is 0 Å². The maximum atomic E-state index is 11.7. The normalized spacial score (nSPS) is 10.4. The Hall–Kier alpha value is -2.14. The first kappa shape index (κ1) is 13.3. The number of hydrogen-bond acceptors (Lipinski definition) is 3. The molecule has 0 aliphatic rings. The summed E-state index contributed by atoms with van der Waals surface area (Å²) >= 11 is 0. The maximum Gasteiger partial charge on any atom is 0.238 e. The van der Waals surface area contributed by atoms with E-state index in [4.69, 9.17) is 0 Å². The van der Waals surface area contributed by atoms with Gasteiger partial charge in [0.25, 0.3) is 0 Å². The molecule has 1 heterocycles. The first-order chi connectivity index (χ1) is 9.16. The van der Waals surface area contributed by atoms with Gasteiger partial charge in [0.05, 0.1) is 12.7 Å². The van der Waals surface area contributed by atoms with Crippen molar-refractivity contribution in [2.75, 3.05) is 11.9 Å². The number of carbonyl (C=O) groups excluding carboxylic acids is 1. The number of aromatic nitrogens is 2. The molecule has 2 rings (SSSR count). The molecule has 2 N–H and O–H groups in total. The number of carbonyl (C=O) groups is 1. The van der Waals surface area contributed by atoms with Gasteiger partial charge in [-0.05, 0) is 19.1 Å². The first-order valence-electron chi connectivity index (χ1n) is 6.20. The van der Waals surface area contributed by atoms with Gasteiger partial charge in [-0.1, -0.05) is 18.2 Å². The molecule has 0 aliphatic carbocycles. The molecule has 0 radical (unpaired) electrons. The molecule has 0 bridgehead atoms. The van der Waals surface area contributed by atoms with Gasteiger partial charge < -0.3 is 10.6 Å². The van der Waals surface area contributed by atoms with Crippen LogP contribution in [0.25, 0.3) is 0 Å². The van der Waals surface area contributed by atoms with Gasteiger partial charge in [-0.15, -0.1) is 0 Å². The Morgan fingerprint density at radius 1 is 1.32 bits per heavy atom. The molecule has 19 heavy (non-hydrogen) atoms. The molecule has 0 unspecified atom stereocenters. The number of nitrogens with zero attached hydrogens (tertiary/aromatic N) is 2. The molecule has 100 valence electrons. The van der Waals surface area contributed by atoms with Gasteiger partial charge in [0, 0.05) is 30.5 Å². The number of nitrogens with one attached hydrogen (secondary N) is 2. The van der Waals surface area contributed by atoms with Crippen molar-refractivity contribution in [3.05, 3.63) is 47.8 Å². The molecular weight excluding hydrogens is 240 g/mol. The summed E-state index contributed by atoms with van der Waals surface area (Å²) in [5.41, 5.74) is 3.03. The van der Waals surface area contributed by atoms with Crippen molar-refractivity contribution in [3.63, 3.8) is 0 Å². The highest BCUT2D eigenvalue weighted by Gasteiger charge is 2.05. The van der Waals surface area contributed by atoms with Gasteiger partial charge in [-0.2, -0.15) is 5.10 Å². The lowest BCUT2D eigenvalue weighted by molar-refractivity contribution is -0.115. The second kappa shape index (κ2) is 6.15. The van der Waals surface area contributed by atoms with Crippen LogP contribution in [0.2, 0.25) is 0 Å². The number of benzene rings is 1. The van der Waals surface area contributed by atoms with E-state index in [0.717, 1.165) is 16.9 Å². The van der Waals surface area contributed by atoms with Gasteiger partial charge in [-0.3, -0.25) is 9.48 Å². The standard InChI is InChI=1S/C14H18N4O/c1-11-12(9-16-18(11)2)8-15-10-14(19)17-13-6-4-3-5-7-13/h3-7,9,15H,8,10H2,1-2H3,(H,17,19). The second-order valence-corrected chi connectivity index (χ2v) is 4.40. The zero-order valence-electron chi connectivity index (χ0n) is 11.2. The minimum Gasteiger partial charge on any atom is -0.325 e. The minimum absolute atomic E-state index is 0.0484. The average molecular weight is 258 g/mol. The molecule has 0 atom stereocenters. The van der Waals surface area contributed by atoms with Crippen LogP contribution in [0.4, 0.5) is 5.69 Å². The number of amides is 1. The SMILES string of the molecule is Cc1c(CNCC(=O)Nc2ccccc2)cnn1C. The Morgan fingerprint density at radius 2 is 2.05 bits per heavy atom. The van der Waals surface area contributed by atoms with Gasteiger partial charge in [-0.25, -0.2) is 0 Å². The summed E-state index contributed by atoms with van der Waals surface area (Å²) in [5.74, 6) is -0.0484. The van der Waals surface area contributed by atoms with Crippen molar-refractivity contribution < 1.29 is 4.79 Å². The topological polar surface area (TPSA) is 59.0 Å². The Balaban J connectivity index is 1.77. The largest absolute Gasteiger partial charge is 0.325 e. The predicted octanol–water partition coefficient (Wildman–Crippen LogP) is 1.46. The van der Waals surface area contributed by atoms with Crippen molar-refractivity contribution in [2.24, 2.45) is 7.05 Å². The van der Waals surface area contributed by atoms with Crippen LogP contribution in [0.15, 0.2) is 36.5 Å². The predicted molar refractivity (Wildman–Crippen MR) is 74.7 cm³/mol. The van der Waals surface area contributed by atoms with Crippen LogP contribution in [0.5, 0.6) is 0 Å². The van der Waals surface area contributed by atoms with E-state index >= 15 is 0 Å². The Kier molecular flexibility index (Phi) is 4.30. The van der Waals surface area contributed by atoms with Crippen LogP contribution in [-0.2, 0) is 18.4 Å². The second-order valence-electron chi connectivity index (χ2n) is 4.40. The fraction of sp³-hybridized carbons (Fsp3) is 0.286. The lowest BCUT2D eigenvalue weighted by Gasteiger charge is -2.06. The summed E-state index contributed by atoms with van der Waals surface area (Å²) in [6, 6.07) is 9.43. The maximum absolute atomic E-state index is 11.7.